The molecule has 1 aliphatic carbocycles. The van der Waals surface area contributed by atoms with Crippen LogP contribution in [0.15, 0.2) is 36.5 Å². The minimum atomic E-state index is -1.04. The Morgan fingerprint density at radius 2 is 2.13 bits per heavy atom. The molecule has 1 atom stereocenters. The Balaban J connectivity index is 1.76. The van der Waals surface area contributed by atoms with E-state index >= 15 is 0 Å². The lowest BCUT2D eigenvalue weighted by Gasteiger charge is -2.29. The summed E-state index contributed by atoms with van der Waals surface area (Å²) in [5.74, 6) is 0.158. The summed E-state index contributed by atoms with van der Waals surface area (Å²) in [5, 5.41) is 18.0. The minimum Gasteiger partial charge on any atom is -0.479 e. The molecule has 1 aliphatic rings. The fraction of sp³-hybridized carbons (Fsp3) is 0.412. The number of methoxy groups -OCH3 is 1. The van der Waals surface area contributed by atoms with Crippen molar-refractivity contribution in [2.24, 2.45) is 13.0 Å². The number of carbonyl (C=O) groups is 1. The molecule has 0 aliphatic heterocycles. The molecule has 1 heterocycles. The lowest BCUT2D eigenvalue weighted by atomic mass is 9.88. The van der Waals surface area contributed by atoms with Gasteiger partial charge in [0.25, 0.3) is 5.91 Å². The van der Waals surface area contributed by atoms with Crippen LogP contribution < -0.4 is 10.1 Å². The minimum absolute atomic E-state index is 0.165. The van der Waals surface area contributed by atoms with E-state index in [1.54, 1.807) is 13.2 Å². The van der Waals surface area contributed by atoms with Gasteiger partial charge in [-0.15, -0.1) is 5.10 Å². The highest BCUT2D eigenvalue weighted by Crippen LogP contribution is 2.45. The Bertz CT molecular complexity index is 694. The molecule has 6 heteroatoms. The van der Waals surface area contributed by atoms with Crippen molar-refractivity contribution in [3.8, 4) is 5.88 Å². The first-order chi connectivity index (χ1) is 11.0. The number of rotatable bonds is 6. The second-order valence-electron chi connectivity index (χ2n) is 5.97. The molecule has 0 saturated heterocycles. The molecular weight excluding hydrogens is 294 g/mol. The smallest absolute Gasteiger partial charge is 0.258 e. The van der Waals surface area contributed by atoms with Crippen LogP contribution in [0.3, 0.4) is 0 Å². The molecule has 6 nitrogen and oxygen atoms in total. The van der Waals surface area contributed by atoms with Gasteiger partial charge in [-0.05, 0) is 24.3 Å². The predicted octanol–water partition coefficient (Wildman–Crippen LogP) is 1.46. The molecule has 0 spiro atoms. The summed E-state index contributed by atoms with van der Waals surface area (Å²) in [6.07, 6.45) is 3.54. The molecule has 23 heavy (non-hydrogen) atoms. The van der Waals surface area contributed by atoms with E-state index in [4.69, 9.17) is 4.74 Å². The summed E-state index contributed by atoms with van der Waals surface area (Å²) < 4.78 is 6.63. The summed E-state index contributed by atoms with van der Waals surface area (Å²) in [5.41, 5.74) is 0.161. The van der Waals surface area contributed by atoms with Crippen LogP contribution in [0.5, 0.6) is 5.88 Å². The number of aliphatic hydroxyl groups is 1. The molecule has 1 fully saturated rings. The fourth-order valence-electron chi connectivity index (χ4n) is 2.85. The number of nitrogens with zero attached hydrogens (tertiary/aromatic N) is 2. The summed E-state index contributed by atoms with van der Waals surface area (Å²) >= 11 is 0. The van der Waals surface area contributed by atoms with Crippen molar-refractivity contribution in [3.63, 3.8) is 0 Å². The lowest BCUT2D eigenvalue weighted by molar-refractivity contribution is 0.0135. The maximum atomic E-state index is 12.4. The molecule has 0 bridgehead atoms. The Morgan fingerprint density at radius 3 is 2.74 bits per heavy atom. The lowest BCUT2D eigenvalue weighted by Crippen LogP contribution is -2.42. The molecular formula is C17H21N3O3. The zero-order valence-corrected chi connectivity index (χ0v) is 13.3. The molecule has 1 amide bonds. The van der Waals surface area contributed by atoms with Crippen LogP contribution in [0.4, 0.5) is 0 Å². The van der Waals surface area contributed by atoms with E-state index in [-0.39, 0.29) is 24.2 Å². The molecule has 1 saturated carbocycles. The van der Waals surface area contributed by atoms with Crippen LogP contribution in [-0.4, -0.2) is 34.4 Å². The molecule has 1 aromatic carbocycles. The zero-order valence-electron chi connectivity index (χ0n) is 13.3. The van der Waals surface area contributed by atoms with Gasteiger partial charge in [-0.25, -0.2) is 0 Å². The van der Waals surface area contributed by atoms with Crippen molar-refractivity contribution < 1.29 is 14.6 Å². The van der Waals surface area contributed by atoms with Crippen molar-refractivity contribution >= 4 is 5.91 Å². The predicted molar refractivity (Wildman–Crippen MR) is 85.2 cm³/mol. The Hall–Kier alpha value is -2.34. The number of hydrogen-bond acceptors (Lipinski definition) is 4. The number of benzene rings is 1. The number of carbonyl (C=O) groups excluding carboxylic acids is 1. The van der Waals surface area contributed by atoms with Gasteiger partial charge in [-0.2, -0.15) is 0 Å². The molecule has 122 valence electrons. The van der Waals surface area contributed by atoms with E-state index in [0.29, 0.717) is 5.56 Å². The highest BCUT2D eigenvalue weighted by Gasteiger charge is 2.45. The largest absolute Gasteiger partial charge is 0.479 e. The van der Waals surface area contributed by atoms with Crippen molar-refractivity contribution in [1.29, 1.82) is 0 Å². The average molecular weight is 315 g/mol. The maximum Gasteiger partial charge on any atom is 0.258 e. The number of aromatic nitrogens is 2. The van der Waals surface area contributed by atoms with E-state index < -0.39 is 5.60 Å². The van der Waals surface area contributed by atoms with E-state index in [9.17, 15) is 9.90 Å². The second-order valence-corrected chi connectivity index (χ2v) is 5.97. The van der Waals surface area contributed by atoms with Gasteiger partial charge >= 0.3 is 0 Å². The van der Waals surface area contributed by atoms with Crippen LogP contribution in [-0.2, 0) is 12.6 Å². The van der Waals surface area contributed by atoms with Crippen LogP contribution in [0.2, 0.25) is 0 Å². The number of nitrogens with one attached hydrogen (secondary N) is 1. The van der Waals surface area contributed by atoms with Crippen LogP contribution in [0, 0.1) is 5.92 Å². The summed E-state index contributed by atoms with van der Waals surface area (Å²) in [6, 6.07) is 9.50. The monoisotopic (exact) mass is 315 g/mol. The topological polar surface area (TPSA) is 76.4 Å². The number of amides is 1. The standard InChI is InChI=1S/C17H21N3O3/c1-20-10-14(16(19-20)23-2)15(21)18-11-17(22,13-8-9-13)12-6-4-3-5-7-12/h3-7,10,13,22H,8-9,11H2,1-2H3,(H,18,21)/t17-/m0/s1. The van der Waals surface area contributed by atoms with Gasteiger partial charge in [0.1, 0.15) is 11.2 Å². The highest BCUT2D eigenvalue weighted by molar-refractivity contribution is 5.96. The maximum absolute atomic E-state index is 12.4. The van der Waals surface area contributed by atoms with Gasteiger partial charge in [0, 0.05) is 13.2 Å². The summed E-state index contributed by atoms with van der Waals surface area (Å²) in [7, 11) is 3.20. The highest BCUT2D eigenvalue weighted by atomic mass is 16.5. The summed E-state index contributed by atoms with van der Waals surface area (Å²) in [4.78, 5) is 12.4. The quantitative estimate of drug-likeness (QED) is 0.846. The van der Waals surface area contributed by atoms with Crippen LogP contribution in [0.25, 0.3) is 0 Å². The van der Waals surface area contributed by atoms with E-state index in [1.165, 1.54) is 11.8 Å². The first-order valence-corrected chi connectivity index (χ1v) is 7.68. The molecule has 0 unspecified atom stereocenters. The Kier molecular flexibility index (Phi) is 4.09. The van der Waals surface area contributed by atoms with Gasteiger partial charge in [0.05, 0.1) is 13.7 Å². The molecule has 1 aromatic heterocycles. The first kappa shape index (κ1) is 15.6. The molecule has 0 radical (unpaired) electrons. The van der Waals surface area contributed by atoms with Gasteiger partial charge < -0.3 is 15.2 Å². The third-order valence-corrected chi connectivity index (χ3v) is 4.28. The molecule has 2 N–H and O–H groups in total. The van der Waals surface area contributed by atoms with Crippen molar-refractivity contribution in [2.75, 3.05) is 13.7 Å². The normalized spacial score (nSPS) is 16.7. The number of hydrogen-bond donors (Lipinski definition) is 2. The van der Waals surface area contributed by atoms with Crippen LogP contribution >= 0.6 is 0 Å². The average Bonchev–Trinajstić information content (AvgIpc) is 3.36. The Labute approximate surface area is 135 Å². The third-order valence-electron chi connectivity index (χ3n) is 4.28. The SMILES string of the molecule is COc1nn(C)cc1C(=O)NC[C@](O)(c1ccccc1)C1CC1. The van der Waals surface area contributed by atoms with E-state index in [2.05, 4.69) is 10.4 Å². The zero-order chi connectivity index (χ0) is 16.4. The first-order valence-electron chi connectivity index (χ1n) is 7.68. The third kappa shape index (κ3) is 3.07. The summed E-state index contributed by atoms with van der Waals surface area (Å²) in [6.45, 7) is 0.165. The van der Waals surface area contributed by atoms with E-state index in [1.807, 2.05) is 30.3 Å². The van der Waals surface area contributed by atoms with E-state index in [0.717, 1.165) is 18.4 Å². The fourth-order valence-corrected chi connectivity index (χ4v) is 2.85. The van der Waals surface area contributed by atoms with Crippen molar-refractivity contribution in [1.82, 2.24) is 15.1 Å². The number of aryl methyl sites for hydroxylation is 1. The Morgan fingerprint density at radius 1 is 1.43 bits per heavy atom. The van der Waals surface area contributed by atoms with Gasteiger partial charge in [0.15, 0.2) is 0 Å². The molecule has 3 rings (SSSR count). The van der Waals surface area contributed by atoms with Gasteiger partial charge in [-0.1, -0.05) is 30.3 Å². The molecule has 2 aromatic rings. The van der Waals surface area contributed by atoms with Crippen molar-refractivity contribution in [2.45, 2.75) is 18.4 Å². The number of ether oxygens (including phenoxy) is 1. The van der Waals surface area contributed by atoms with Gasteiger partial charge in [0.2, 0.25) is 5.88 Å². The van der Waals surface area contributed by atoms with Crippen LogP contribution in [0.1, 0.15) is 28.8 Å². The van der Waals surface area contributed by atoms with Crippen molar-refractivity contribution in [3.05, 3.63) is 47.7 Å². The second kappa shape index (κ2) is 6.04. The van der Waals surface area contributed by atoms with Gasteiger partial charge in [-0.3, -0.25) is 9.48 Å².